The molecule has 2 rings (SSSR count). The maximum Gasteiger partial charge on any atom is 0.191 e. The molecule has 0 spiro atoms. The molecular formula is C19H28N4O2. The second kappa shape index (κ2) is 11.4. The molecule has 0 saturated carbocycles. The fourth-order valence-electron chi connectivity index (χ4n) is 2.43. The summed E-state index contributed by atoms with van der Waals surface area (Å²) >= 11 is 0. The Hall–Kier alpha value is -2.18. The number of hydrogen-bond donors (Lipinski definition) is 2. The number of rotatable bonds is 10. The molecular weight excluding hydrogens is 316 g/mol. The monoisotopic (exact) mass is 344 g/mol. The lowest BCUT2D eigenvalue weighted by Crippen LogP contribution is -2.38. The number of ether oxygens (including phenoxy) is 2. The Kier molecular flexibility index (Phi) is 8.72. The van der Waals surface area contributed by atoms with Crippen molar-refractivity contribution in [3.63, 3.8) is 0 Å². The van der Waals surface area contributed by atoms with E-state index in [1.54, 1.807) is 7.11 Å². The molecule has 1 aromatic heterocycles. The predicted molar refractivity (Wildman–Crippen MR) is 102 cm³/mol. The van der Waals surface area contributed by atoms with Crippen LogP contribution in [0.4, 0.5) is 0 Å². The molecule has 1 aromatic carbocycles. The van der Waals surface area contributed by atoms with Crippen molar-refractivity contribution in [2.75, 3.05) is 40.0 Å². The molecule has 6 heteroatoms. The molecule has 2 aromatic rings. The van der Waals surface area contributed by atoms with Crippen molar-refractivity contribution >= 4 is 16.9 Å². The highest BCUT2D eigenvalue weighted by Crippen LogP contribution is 2.16. The van der Waals surface area contributed by atoms with Crippen LogP contribution < -0.4 is 10.6 Å². The molecule has 25 heavy (non-hydrogen) atoms. The minimum Gasteiger partial charge on any atom is -0.382 e. The predicted octanol–water partition coefficient (Wildman–Crippen LogP) is 2.34. The van der Waals surface area contributed by atoms with Crippen molar-refractivity contribution in [1.82, 2.24) is 15.6 Å². The van der Waals surface area contributed by atoms with Crippen molar-refractivity contribution in [1.29, 1.82) is 0 Å². The first-order valence-electron chi connectivity index (χ1n) is 8.76. The van der Waals surface area contributed by atoms with Crippen molar-refractivity contribution in [2.24, 2.45) is 4.99 Å². The van der Waals surface area contributed by atoms with Crippen LogP contribution in [-0.2, 0) is 16.0 Å². The highest BCUT2D eigenvalue weighted by atomic mass is 16.5. The number of nitrogens with zero attached hydrogens (tertiary/aromatic N) is 2. The molecule has 0 saturated heterocycles. The van der Waals surface area contributed by atoms with Crippen LogP contribution in [0.15, 0.2) is 41.5 Å². The van der Waals surface area contributed by atoms with Gasteiger partial charge >= 0.3 is 0 Å². The molecule has 0 radical (unpaired) electrons. The first kappa shape index (κ1) is 19.1. The zero-order chi connectivity index (χ0) is 17.7. The van der Waals surface area contributed by atoms with Crippen LogP contribution in [0.5, 0.6) is 0 Å². The summed E-state index contributed by atoms with van der Waals surface area (Å²) in [6.45, 7) is 6.27. The van der Waals surface area contributed by atoms with Crippen molar-refractivity contribution in [3.8, 4) is 0 Å². The lowest BCUT2D eigenvalue weighted by molar-refractivity contribution is 0.0698. The topological polar surface area (TPSA) is 67.8 Å². The highest BCUT2D eigenvalue weighted by Gasteiger charge is 2.02. The summed E-state index contributed by atoms with van der Waals surface area (Å²) in [6.07, 6.45) is 2.74. The lowest BCUT2D eigenvalue weighted by atomic mass is 10.1. The van der Waals surface area contributed by atoms with Gasteiger partial charge in [-0.1, -0.05) is 24.3 Å². The van der Waals surface area contributed by atoms with E-state index >= 15 is 0 Å². The van der Waals surface area contributed by atoms with Crippen LogP contribution in [0.1, 0.15) is 18.9 Å². The van der Waals surface area contributed by atoms with Gasteiger partial charge in [0.05, 0.1) is 25.3 Å². The van der Waals surface area contributed by atoms with Gasteiger partial charge in [0, 0.05) is 38.4 Å². The maximum atomic E-state index is 5.46. The average molecular weight is 344 g/mol. The second-order valence-corrected chi connectivity index (χ2v) is 5.57. The summed E-state index contributed by atoms with van der Waals surface area (Å²) in [5.74, 6) is 0.812. The number of hydrogen-bond acceptors (Lipinski definition) is 4. The number of aromatic nitrogens is 1. The molecule has 0 fully saturated rings. The Bertz CT molecular complexity index is 655. The number of benzene rings is 1. The zero-order valence-electron chi connectivity index (χ0n) is 15.1. The van der Waals surface area contributed by atoms with Gasteiger partial charge in [-0.15, -0.1) is 0 Å². The van der Waals surface area contributed by atoms with Gasteiger partial charge in [-0.25, -0.2) is 4.99 Å². The van der Waals surface area contributed by atoms with E-state index in [4.69, 9.17) is 9.47 Å². The summed E-state index contributed by atoms with van der Waals surface area (Å²) in [6, 6.07) is 10.2. The van der Waals surface area contributed by atoms with Crippen LogP contribution in [0.2, 0.25) is 0 Å². The summed E-state index contributed by atoms with van der Waals surface area (Å²) in [7, 11) is 1.68. The van der Waals surface area contributed by atoms with Crippen molar-refractivity contribution < 1.29 is 9.47 Å². The zero-order valence-corrected chi connectivity index (χ0v) is 15.1. The molecule has 2 N–H and O–H groups in total. The molecule has 0 bridgehead atoms. The summed E-state index contributed by atoms with van der Waals surface area (Å²) in [5.41, 5.74) is 2.13. The van der Waals surface area contributed by atoms with E-state index in [1.165, 1.54) is 0 Å². The van der Waals surface area contributed by atoms with Crippen LogP contribution in [0.25, 0.3) is 10.9 Å². The molecule has 0 aliphatic carbocycles. The molecule has 0 unspecified atom stereocenters. The van der Waals surface area contributed by atoms with E-state index in [0.29, 0.717) is 26.4 Å². The standard InChI is InChI=1S/C19H28N4O2/c1-3-20-19(22-11-6-12-25-14-13-24-2)23-15-17-8-4-7-16-9-5-10-21-18(16)17/h4-5,7-10H,3,6,11-15H2,1-2H3,(H2,20,22,23). The number of guanidine groups is 1. The molecule has 0 atom stereocenters. The minimum absolute atomic E-state index is 0.591. The Labute approximate surface area is 149 Å². The van der Waals surface area contributed by atoms with E-state index in [9.17, 15) is 0 Å². The van der Waals surface area contributed by atoms with E-state index in [-0.39, 0.29) is 0 Å². The third-order valence-corrected chi connectivity index (χ3v) is 3.66. The summed E-state index contributed by atoms with van der Waals surface area (Å²) in [4.78, 5) is 9.15. The summed E-state index contributed by atoms with van der Waals surface area (Å²) in [5, 5.41) is 7.75. The normalized spacial score (nSPS) is 11.7. The Balaban J connectivity index is 1.86. The van der Waals surface area contributed by atoms with Gasteiger partial charge in [-0.05, 0) is 25.0 Å². The molecule has 0 aliphatic rings. The number of methoxy groups -OCH3 is 1. The number of pyridine rings is 1. The number of nitrogens with one attached hydrogen (secondary N) is 2. The Morgan fingerprint density at radius 3 is 2.84 bits per heavy atom. The minimum atomic E-state index is 0.591. The van der Waals surface area contributed by atoms with Gasteiger partial charge in [-0.3, -0.25) is 4.98 Å². The van der Waals surface area contributed by atoms with E-state index in [0.717, 1.165) is 41.9 Å². The first-order chi connectivity index (χ1) is 12.3. The maximum absolute atomic E-state index is 5.46. The number of fused-ring (bicyclic) bond motifs is 1. The largest absolute Gasteiger partial charge is 0.382 e. The van der Waals surface area contributed by atoms with E-state index in [2.05, 4.69) is 45.7 Å². The number of para-hydroxylation sites is 1. The molecule has 6 nitrogen and oxygen atoms in total. The SMILES string of the molecule is CCNC(=NCc1cccc2cccnc12)NCCCOCCOC. The third-order valence-electron chi connectivity index (χ3n) is 3.66. The van der Waals surface area contributed by atoms with Gasteiger partial charge < -0.3 is 20.1 Å². The van der Waals surface area contributed by atoms with Crippen molar-refractivity contribution in [2.45, 2.75) is 19.9 Å². The van der Waals surface area contributed by atoms with Crippen LogP contribution in [-0.4, -0.2) is 51.0 Å². The van der Waals surface area contributed by atoms with Gasteiger partial charge in [0.15, 0.2) is 5.96 Å². The number of aliphatic imine (C=N–C) groups is 1. The summed E-state index contributed by atoms with van der Waals surface area (Å²) < 4.78 is 10.4. The van der Waals surface area contributed by atoms with Gasteiger partial charge in [0.25, 0.3) is 0 Å². The molecule has 136 valence electrons. The molecule has 0 aliphatic heterocycles. The van der Waals surface area contributed by atoms with E-state index in [1.807, 2.05) is 18.3 Å². The third kappa shape index (κ3) is 6.68. The van der Waals surface area contributed by atoms with Gasteiger partial charge in [0.1, 0.15) is 0 Å². The van der Waals surface area contributed by atoms with Gasteiger partial charge in [0.2, 0.25) is 0 Å². The smallest absolute Gasteiger partial charge is 0.191 e. The van der Waals surface area contributed by atoms with Crippen LogP contribution >= 0.6 is 0 Å². The molecule has 0 amide bonds. The fourth-order valence-corrected chi connectivity index (χ4v) is 2.43. The Morgan fingerprint density at radius 2 is 2.00 bits per heavy atom. The van der Waals surface area contributed by atoms with Crippen LogP contribution in [0.3, 0.4) is 0 Å². The fraction of sp³-hybridized carbons (Fsp3) is 0.474. The van der Waals surface area contributed by atoms with Gasteiger partial charge in [-0.2, -0.15) is 0 Å². The quantitative estimate of drug-likeness (QED) is 0.393. The van der Waals surface area contributed by atoms with Crippen LogP contribution in [0, 0.1) is 0 Å². The highest BCUT2D eigenvalue weighted by molar-refractivity contribution is 5.83. The lowest BCUT2D eigenvalue weighted by Gasteiger charge is -2.12. The van der Waals surface area contributed by atoms with Crippen molar-refractivity contribution in [3.05, 3.63) is 42.1 Å². The van der Waals surface area contributed by atoms with E-state index < -0.39 is 0 Å². The molecule has 1 heterocycles. The first-order valence-corrected chi connectivity index (χ1v) is 8.76. The average Bonchev–Trinajstić information content (AvgIpc) is 2.65. The Morgan fingerprint density at radius 1 is 1.12 bits per heavy atom. The second-order valence-electron chi connectivity index (χ2n) is 5.57.